The minimum absolute atomic E-state index is 0.0164. The molecule has 1 unspecified atom stereocenters. The van der Waals surface area contributed by atoms with Crippen LogP contribution in [-0.4, -0.2) is 28.4 Å². The fourth-order valence-electron chi connectivity index (χ4n) is 3.28. The van der Waals surface area contributed by atoms with Crippen LogP contribution in [0.15, 0.2) is 54.6 Å². The summed E-state index contributed by atoms with van der Waals surface area (Å²) in [5, 5.41) is 0. The lowest BCUT2D eigenvalue weighted by Crippen LogP contribution is -2.48. The molecular formula is C21H21NO3. The van der Waals surface area contributed by atoms with Gasteiger partial charge in [0.1, 0.15) is 0 Å². The Morgan fingerprint density at radius 3 is 2.24 bits per heavy atom. The van der Waals surface area contributed by atoms with Crippen molar-refractivity contribution in [2.24, 2.45) is 0 Å². The number of carbonyl (C=O) groups is 3. The second kappa shape index (κ2) is 7.43. The number of carbonyl (C=O) groups excluding carboxylic acids is 3. The molecule has 0 N–H and O–H groups in total. The van der Waals surface area contributed by atoms with Crippen molar-refractivity contribution in [1.29, 1.82) is 0 Å². The predicted octanol–water partition coefficient (Wildman–Crippen LogP) is 3.19. The van der Waals surface area contributed by atoms with Crippen LogP contribution in [0.4, 0.5) is 0 Å². The maximum absolute atomic E-state index is 12.7. The van der Waals surface area contributed by atoms with Crippen molar-refractivity contribution in [2.75, 3.05) is 0 Å². The van der Waals surface area contributed by atoms with Gasteiger partial charge in [0.15, 0.2) is 11.6 Å². The number of ketones is 2. The molecule has 0 bridgehead atoms. The minimum atomic E-state index is -0.436. The first-order valence-corrected chi connectivity index (χ1v) is 8.51. The van der Waals surface area contributed by atoms with Gasteiger partial charge < -0.3 is 4.90 Å². The van der Waals surface area contributed by atoms with Crippen LogP contribution < -0.4 is 0 Å². The molecule has 0 saturated heterocycles. The van der Waals surface area contributed by atoms with E-state index in [0.717, 1.165) is 11.1 Å². The van der Waals surface area contributed by atoms with E-state index in [0.29, 0.717) is 18.5 Å². The van der Waals surface area contributed by atoms with Gasteiger partial charge in [0.2, 0.25) is 5.91 Å². The fourth-order valence-corrected chi connectivity index (χ4v) is 3.28. The molecule has 0 aromatic heterocycles. The molecular weight excluding hydrogens is 314 g/mol. The van der Waals surface area contributed by atoms with Crippen LogP contribution in [0.5, 0.6) is 0 Å². The Morgan fingerprint density at radius 1 is 0.920 bits per heavy atom. The monoisotopic (exact) mass is 335 g/mol. The SMILES string of the molecule is CC(=O)C1Cc2ccccc2CN1C(=O)CCC(=O)c1ccccc1. The smallest absolute Gasteiger partial charge is 0.223 e. The maximum Gasteiger partial charge on any atom is 0.223 e. The standard InChI is InChI=1S/C21H21NO3/c1-15(23)19-13-17-9-5-6-10-18(17)14-22(19)21(25)12-11-20(24)16-7-3-2-4-8-16/h2-10,19H,11-14H2,1H3. The van der Waals surface area contributed by atoms with E-state index in [4.69, 9.17) is 0 Å². The highest BCUT2D eigenvalue weighted by Gasteiger charge is 2.32. The van der Waals surface area contributed by atoms with Gasteiger partial charge in [0, 0.05) is 31.4 Å². The summed E-state index contributed by atoms with van der Waals surface area (Å²) in [6, 6.07) is 16.4. The van der Waals surface area contributed by atoms with Gasteiger partial charge in [0.25, 0.3) is 0 Å². The lowest BCUT2D eigenvalue weighted by atomic mass is 9.91. The molecule has 128 valence electrons. The normalized spacial score (nSPS) is 16.2. The average molecular weight is 335 g/mol. The third-order valence-corrected chi connectivity index (χ3v) is 4.70. The predicted molar refractivity (Wildman–Crippen MR) is 95.2 cm³/mol. The molecule has 0 fully saturated rings. The summed E-state index contributed by atoms with van der Waals surface area (Å²) in [6.07, 6.45) is 0.829. The van der Waals surface area contributed by atoms with Crippen molar-refractivity contribution < 1.29 is 14.4 Å². The Labute approximate surface area is 147 Å². The molecule has 2 aromatic rings. The van der Waals surface area contributed by atoms with Gasteiger partial charge in [-0.25, -0.2) is 0 Å². The number of benzene rings is 2. The van der Waals surface area contributed by atoms with Crippen LogP contribution in [0.25, 0.3) is 0 Å². The fraction of sp³-hybridized carbons (Fsp3) is 0.286. The Balaban J connectivity index is 1.70. The highest BCUT2D eigenvalue weighted by atomic mass is 16.2. The lowest BCUT2D eigenvalue weighted by Gasteiger charge is -2.35. The van der Waals surface area contributed by atoms with Crippen molar-refractivity contribution in [1.82, 2.24) is 4.90 Å². The molecule has 1 aliphatic rings. The van der Waals surface area contributed by atoms with E-state index < -0.39 is 6.04 Å². The summed E-state index contributed by atoms with van der Waals surface area (Å²) in [4.78, 5) is 38.5. The maximum atomic E-state index is 12.7. The highest BCUT2D eigenvalue weighted by molar-refractivity contribution is 5.98. The molecule has 3 rings (SSSR count). The zero-order chi connectivity index (χ0) is 17.8. The second-order valence-corrected chi connectivity index (χ2v) is 6.41. The van der Waals surface area contributed by atoms with E-state index in [-0.39, 0.29) is 30.3 Å². The highest BCUT2D eigenvalue weighted by Crippen LogP contribution is 2.25. The van der Waals surface area contributed by atoms with Crippen LogP contribution in [0, 0.1) is 0 Å². The van der Waals surface area contributed by atoms with Gasteiger partial charge in [-0.1, -0.05) is 54.6 Å². The van der Waals surface area contributed by atoms with Crippen LogP contribution in [0.3, 0.4) is 0 Å². The van der Waals surface area contributed by atoms with E-state index >= 15 is 0 Å². The van der Waals surface area contributed by atoms with Gasteiger partial charge in [-0.05, 0) is 18.1 Å². The molecule has 1 atom stereocenters. The zero-order valence-corrected chi connectivity index (χ0v) is 14.3. The Morgan fingerprint density at radius 2 is 1.56 bits per heavy atom. The number of Topliss-reactive ketones (excluding diaryl/α,β-unsaturated/α-hetero) is 2. The third kappa shape index (κ3) is 3.85. The molecule has 1 heterocycles. The molecule has 0 saturated carbocycles. The van der Waals surface area contributed by atoms with E-state index in [1.54, 1.807) is 17.0 Å². The second-order valence-electron chi connectivity index (χ2n) is 6.41. The lowest BCUT2D eigenvalue weighted by molar-refractivity contribution is -0.140. The number of rotatable bonds is 5. The minimum Gasteiger partial charge on any atom is -0.328 e. The van der Waals surface area contributed by atoms with Crippen molar-refractivity contribution in [3.05, 3.63) is 71.3 Å². The average Bonchev–Trinajstić information content (AvgIpc) is 2.65. The van der Waals surface area contributed by atoms with Crippen LogP contribution >= 0.6 is 0 Å². The Hall–Kier alpha value is -2.75. The van der Waals surface area contributed by atoms with Crippen molar-refractivity contribution >= 4 is 17.5 Å². The summed E-state index contributed by atoms with van der Waals surface area (Å²) in [5.41, 5.74) is 2.80. The quantitative estimate of drug-likeness (QED) is 0.789. The molecule has 1 amide bonds. The van der Waals surface area contributed by atoms with Gasteiger partial charge in [-0.2, -0.15) is 0 Å². The van der Waals surface area contributed by atoms with Crippen LogP contribution in [0.2, 0.25) is 0 Å². The first-order chi connectivity index (χ1) is 12.1. The van der Waals surface area contributed by atoms with E-state index in [1.807, 2.05) is 42.5 Å². The number of hydrogen-bond acceptors (Lipinski definition) is 3. The van der Waals surface area contributed by atoms with Gasteiger partial charge in [-0.15, -0.1) is 0 Å². The molecule has 4 nitrogen and oxygen atoms in total. The van der Waals surface area contributed by atoms with E-state index in [2.05, 4.69) is 0 Å². The summed E-state index contributed by atoms with van der Waals surface area (Å²) in [5.74, 6) is -0.207. The molecule has 0 aliphatic carbocycles. The first kappa shape index (κ1) is 17.1. The third-order valence-electron chi connectivity index (χ3n) is 4.70. The van der Waals surface area contributed by atoms with Crippen LogP contribution in [0.1, 0.15) is 41.3 Å². The van der Waals surface area contributed by atoms with Crippen molar-refractivity contribution in [3.63, 3.8) is 0 Å². The summed E-state index contributed by atoms with van der Waals surface area (Å²) in [7, 11) is 0. The molecule has 4 heteroatoms. The number of amides is 1. The zero-order valence-electron chi connectivity index (χ0n) is 14.3. The topological polar surface area (TPSA) is 54.5 Å². The number of fused-ring (bicyclic) bond motifs is 1. The van der Waals surface area contributed by atoms with Crippen molar-refractivity contribution in [2.45, 2.75) is 38.8 Å². The van der Waals surface area contributed by atoms with Gasteiger partial charge in [0.05, 0.1) is 6.04 Å². The Bertz CT molecular complexity index is 798. The molecule has 0 spiro atoms. The van der Waals surface area contributed by atoms with E-state index in [9.17, 15) is 14.4 Å². The summed E-state index contributed by atoms with van der Waals surface area (Å²) < 4.78 is 0. The summed E-state index contributed by atoms with van der Waals surface area (Å²) >= 11 is 0. The molecule has 0 radical (unpaired) electrons. The first-order valence-electron chi connectivity index (χ1n) is 8.51. The largest absolute Gasteiger partial charge is 0.328 e. The number of nitrogens with zero attached hydrogens (tertiary/aromatic N) is 1. The Kier molecular flexibility index (Phi) is 5.08. The summed E-state index contributed by atoms with van der Waals surface area (Å²) in [6.45, 7) is 1.95. The van der Waals surface area contributed by atoms with Crippen LogP contribution in [-0.2, 0) is 22.6 Å². The van der Waals surface area contributed by atoms with Crippen molar-refractivity contribution in [3.8, 4) is 0 Å². The molecule has 1 aliphatic heterocycles. The van der Waals surface area contributed by atoms with Gasteiger partial charge in [-0.3, -0.25) is 14.4 Å². The molecule has 25 heavy (non-hydrogen) atoms. The van der Waals surface area contributed by atoms with E-state index in [1.165, 1.54) is 6.92 Å². The number of hydrogen-bond donors (Lipinski definition) is 0. The van der Waals surface area contributed by atoms with Gasteiger partial charge >= 0.3 is 0 Å². The molecule has 2 aromatic carbocycles.